The Morgan fingerprint density at radius 1 is 1.19 bits per heavy atom. The van der Waals surface area contributed by atoms with Crippen LogP contribution in [-0.2, 0) is 4.79 Å². The number of hydrogen-bond donors (Lipinski definition) is 1. The van der Waals surface area contributed by atoms with Crippen LogP contribution < -0.4 is 15.6 Å². The maximum absolute atomic E-state index is 13.1. The first-order valence-corrected chi connectivity index (χ1v) is 8.39. The van der Waals surface area contributed by atoms with Crippen molar-refractivity contribution < 1.29 is 13.9 Å². The van der Waals surface area contributed by atoms with Gasteiger partial charge < -0.3 is 10.1 Å². The minimum atomic E-state index is -0.879. The third-order valence-corrected chi connectivity index (χ3v) is 3.84. The molecule has 0 saturated heterocycles. The number of aromatic nitrogens is 2. The molecule has 1 heterocycles. The van der Waals surface area contributed by atoms with Gasteiger partial charge in [0.25, 0.3) is 11.5 Å². The van der Waals surface area contributed by atoms with Crippen molar-refractivity contribution in [2.75, 3.05) is 5.32 Å². The summed E-state index contributed by atoms with van der Waals surface area (Å²) in [5.41, 5.74) is 0.500. The molecule has 0 aliphatic heterocycles. The molecule has 1 atom stereocenters. The molecule has 0 spiro atoms. The van der Waals surface area contributed by atoms with Crippen LogP contribution in [-0.4, -0.2) is 21.8 Å². The van der Waals surface area contributed by atoms with Gasteiger partial charge in [0.15, 0.2) is 6.10 Å². The van der Waals surface area contributed by atoms with E-state index in [2.05, 4.69) is 10.4 Å². The lowest BCUT2D eigenvalue weighted by molar-refractivity contribution is -0.122. The van der Waals surface area contributed by atoms with Crippen LogP contribution in [0.3, 0.4) is 0 Å². The van der Waals surface area contributed by atoms with E-state index in [1.807, 2.05) is 0 Å². The molecule has 1 N–H and O–H groups in total. The fourth-order valence-corrected chi connectivity index (χ4v) is 2.46. The van der Waals surface area contributed by atoms with Crippen molar-refractivity contribution in [3.8, 4) is 11.6 Å². The Kier molecular flexibility index (Phi) is 5.52. The van der Waals surface area contributed by atoms with E-state index in [1.54, 1.807) is 31.2 Å². The fraction of sp³-hybridized carbons (Fsp3) is 0.105. The van der Waals surface area contributed by atoms with E-state index in [4.69, 9.17) is 16.3 Å². The first kappa shape index (κ1) is 18.6. The zero-order valence-electron chi connectivity index (χ0n) is 14.2. The summed E-state index contributed by atoms with van der Waals surface area (Å²) in [7, 11) is 0. The molecule has 3 aromatic rings. The van der Waals surface area contributed by atoms with Crippen molar-refractivity contribution in [2.24, 2.45) is 0 Å². The highest BCUT2D eigenvalue weighted by atomic mass is 35.5. The number of hydrogen-bond acceptors (Lipinski definition) is 4. The second-order valence-electron chi connectivity index (χ2n) is 5.66. The summed E-state index contributed by atoms with van der Waals surface area (Å²) < 4.78 is 19.7. The van der Waals surface area contributed by atoms with E-state index in [0.29, 0.717) is 16.4 Å². The van der Waals surface area contributed by atoms with Crippen LogP contribution in [0.5, 0.6) is 5.88 Å². The number of amides is 1. The predicted molar refractivity (Wildman–Crippen MR) is 100.0 cm³/mol. The summed E-state index contributed by atoms with van der Waals surface area (Å²) in [4.78, 5) is 24.3. The monoisotopic (exact) mass is 387 g/mol. The molecule has 0 fully saturated rings. The van der Waals surface area contributed by atoms with E-state index in [-0.39, 0.29) is 5.88 Å². The molecule has 0 saturated carbocycles. The number of benzene rings is 2. The van der Waals surface area contributed by atoms with Crippen molar-refractivity contribution in [3.05, 3.63) is 81.9 Å². The molecule has 0 radical (unpaired) electrons. The molecule has 138 valence electrons. The van der Waals surface area contributed by atoms with Crippen molar-refractivity contribution in [2.45, 2.75) is 13.0 Å². The highest BCUT2D eigenvalue weighted by molar-refractivity contribution is 6.30. The van der Waals surface area contributed by atoms with Crippen LogP contribution >= 0.6 is 11.6 Å². The summed E-state index contributed by atoms with van der Waals surface area (Å²) in [5.74, 6) is -0.753. The lowest BCUT2D eigenvalue weighted by Crippen LogP contribution is -2.31. The molecule has 2 aromatic carbocycles. The molecule has 27 heavy (non-hydrogen) atoms. The fourth-order valence-electron chi connectivity index (χ4n) is 2.27. The van der Waals surface area contributed by atoms with E-state index in [0.717, 1.165) is 4.68 Å². The van der Waals surface area contributed by atoms with Crippen LogP contribution in [0.1, 0.15) is 6.92 Å². The van der Waals surface area contributed by atoms with E-state index in [9.17, 15) is 14.0 Å². The van der Waals surface area contributed by atoms with Gasteiger partial charge in [-0.15, -0.1) is 5.10 Å². The number of nitrogens with zero attached hydrogens (tertiary/aromatic N) is 2. The second kappa shape index (κ2) is 8.01. The van der Waals surface area contributed by atoms with Crippen LogP contribution in [0.25, 0.3) is 5.69 Å². The Labute approximate surface area is 159 Å². The first-order chi connectivity index (χ1) is 12.9. The molecule has 1 unspecified atom stereocenters. The molecular formula is C19H15ClFN3O3. The minimum absolute atomic E-state index is 0.0765. The predicted octanol–water partition coefficient (Wildman–Crippen LogP) is 3.43. The van der Waals surface area contributed by atoms with Crippen molar-refractivity contribution in [3.63, 3.8) is 0 Å². The molecule has 0 aliphatic rings. The zero-order chi connectivity index (χ0) is 19.4. The molecule has 8 heteroatoms. The van der Waals surface area contributed by atoms with Crippen LogP contribution in [0, 0.1) is 5.82 Å². The van der Waals surface area contributed by atoms with Gasteiger partial charge in [-0.05, 0) is 49.4 Å². The number of nitrogens with one attached hydrogen (secondary N) is 1. The van der Waals surface area contributed by atoms with Crippen LogP contribution in [0.15, 0.2) is 65.5 Å². The molecule has 3 rings (SSSR count). The summed E-state index contributed by atoms with van der Waals surface area (Å²) in [6.07, 6.45) is -0.879. The zero-order valence-corrected chi connectivity index (χ0v) is 15.0. The number of ether oxygens (including phenoxy) is 1. The molecule has 0 aliphatic carbocycles. The van der Waals surface area contributed by atoms with Gasteiger partial charge in [0.05, 0.1) is 5.69 Å². The largest absolute Gasteiger partial charge is 0.463 e. The van der Waals surface area contributed by atoms with Gasteiger partial charge in [0.1, 0.15) is 5.82 Å². The van der Waals surface area contributed by atoms with Crippen molar-refractivity contribution >= 4 is 23.2 Å². The topological polar surface area (TPSA) is 73.2 Å². The number of carbonyl (C=O) groups is 1. The summed E-state index contributed by atoms with van der Waals surface area (Å²) in [6.45, 7) is 1.55. The Morgan fingerprint density at radius 2 is 1.93 bits per heavy atom. The standard InChI is InChI=1S/C19H15ClFN3O3/c1-12(19(26)22-15-4-2-3-13(20)11-15)27-17-9-10-18(25)24(23-17)16-7-5-14(21)6-8-16/h2-12H,1H3,(H,22,26). The average Bonchev–Trinajstić information content (AvgIpc) is 2.64. The molecular weight excluding hydrogens is 373 g/mol. The third-order valence-electron chi connectivity index (χ3n) is 3.61. The van der Waals surface area contributed by atoms with E-state index in [1.165, 1.54) is 36.4 Å². The SMILES string of the molecule is CC(Oc1ccc(=O)n(-c2ccc(F)cc2)n1)C(=O)Nc1cccc(Cl)c1. The van der Waals surface area contributed by atoms with Crippen LogP contribution in [0.2, 0.25) is 5.02 Å². The Bertz CT molecular complexity index is 1020. The Hall–Kier alpha value is -3.19. The van der Waals surface area contributed by atoms with E-state index < -0.39 is 23.4 Å². The smallest absolute Gasteiger partial charge is 0.271 e. The number of anilines is 1. The van der Waals surface area contributed by atoms with Crippen molar-refractivity contribution in [1.29, 1.82) is 0 Å². The minimum Gasteiger partial charge on any atom is -0.463 e. The Morgan fingerprint density at radius 3 is 2.63 bits per heavy atom. The van der Waals surface area contributed by atoms with Crippen molar-refractivity contribution in [1.82, 2.24) is 9.78 Å². The maximum Gasteiger partial charge on any atom is 0.271 e. The number of carbonyl (C=O) groups excluding carboxylic acids is 1. The van der Waals surface area contributed by atoms with Gasteiger partial charge in [0, 0.05) is 22.8 Å². The Balaban J connectivity index is 1.75. The third kappa shape index (κ3) is 4.71. The first-order valence-electron chi connectivity index (χ1n) is 8.02. The van der Waals surface area contributed by atoms with Gasteiger partial charge >= 0.3 is 0 Å². The van der Waals surface area contributed by atoms with Crippen LogP contribution in [0.4, 0.5) is 10.1 Å². The second-order valence-corrected chi connectivity index (χ2v) is 6.09. The normalized spacial score (nSPS) is 11.7. The summed E-state index contributed by atoms with van der Waals surface area (Å²) in [6, 6.07) is 14.6. The number of halogens is 2. The van der Waals surface area contributed by atoms with Gasteiger partial charge in [0.2, 0.25) is 5.88 Å². The van der Waals surface area contributed by atoms with Gasteiger partial charge in [-0.3, -0.25) is 9.59 Å². The molecule has 1 amide bonds. The average molecular weight is 388 g/mol. The lowest BCUT2D eigenvalue weighted by atomic mass is 10.3. The van der Waals surface area contributed by atoms with Gasteiger partial charge in [-0.25, -0.2) is 4.39 Å². The highest BCUT2D eigenvalue weighted by Crippen LogP contribution is 2.16. The van der Waals surface area contributed by atoms with E-state index >= 15 is 0 Å². The molecule has 1 aromatic heterocycles. The van der Waals surface area contributed by atoms with Gasteiger partial charge in [-0.1, -0.05) is 17.7 Å². The highest BCUT2D eigenvalue weighted by Gasteiger charge is 2.16. The number of rotatable bonds is 5. The molecule has 6 nitrogen and oxygen atoms in total. The maximum atomic E-state index is 13.1. The lowest BCUT2D eigenvalue weighted by Gasteiger charge is -2.15. The molecule has 0 bridgehead atoms. The quantitative estimate of drug-likeness (QED) is 0.728. The van der Waals surface area contributed by atoms with Gasteiger partial charge in [-0.2, -0.15) is 4.68 Å². The summed E-state index contributed by atoms with van der Waals surface area (Å²) in [5, 5.41) is 7.25. The summed E-state index contributed by atoms with van der Waals surface area (Å²) >= 11 is 5.89.